The minimum Gasteiger partial charge on any atom is -0.491 e. The lowest BCUT2D eigenvalue weighted by Crippen LogP contribution is -2.28. The molecule has 1 N–H and O–H groups in total. The summed E-state index contributed by atoms with van der Waals surface area (Å²) in [4.78, 5) is 24.6. The summed E-state index contributed by atoms with van der Waals surface area (Å²) < 4.78 is 11.6. The third kappa shape index (κ3) is 3.02. The maximum absolute atomic E-state index is 12.5. The molecule has 1 heterocycles. The van der Waals surface area contributed by atoms with E-state index in [1.54, 1.807) is 55.6 Å². The van der Waals surface area contributed by atoms with Gasteiger partial charge in [0.05, 0.1) is 23.1 Å². The van der Waals surface area contributed by atoms with Gasteiger partial charge in [-0.2, -0.15) is 0 Å². The average Bonchev–Trinajstić information content (AvgIpc) is 2.59. The Balaban J connectivity index is 1.99. The van der Waals surface area contributed by atoms with Crippen LogP contribution in [0.3, 0.4) is 0 Å². The van der Waals surface area contributed by atoms with Gasteiger partial charge in [0.25, 0.3) is 11.1 Å². The maximum atomic E-state index is 12.5. The molecule has 0 aliphatic carbocycles. The van der Waals surface area contributed by atoms with E-state index in [1.807, 2.05) is 0 Å². The van der Waals surface area contributed by atoms with E-state index < -0.39 is 0 Å². The molecule has 118 valence electrons. The van der Waals surface area contributed by atoms with Gasteiger partial charge >= 0.3 is 0 Å². The number of fused-ring (bicyclic) bond motifs is 1. The van der Waals surface area contributed by atoms with Gasteiger partial charge in [-0.25, -0.2) is 4.68 Å². The molecular formula is C17H16N2O4. The Kier molecular flexibility index (Phi) is 4.25. The van der Waals surface area contributed by atoms with Gasteiger partial charge in [0.1, 0.15) is 12.4 Å². The molecule has 1 aromatic heterocycles. The molecule has 23 heavy (non-hydrogen) atoms. The lowest BCUT2D eigenvalue weighted by Gasteiger charge is -2.09. The van der Waals surface area contributed by atoms with Gasteiger partial charge in [-0.3, -0.25) is 14.7 Å². The number of rotatable bonds is 5. The topological polar surface area (TPSA) is 73.3 Å². The van der Waals surface area contributed by atoms with E-state index in [9.17, 15) is 9.59 Å². The van der Waals surface area contributed by atoms with E-state index >= 15 is 0 Å². The average molecular weight is 312 g/mol. The molecule has 0 spiro atoms. The summed E-state index contributed by atoms with van der Waals surface area (Å²) in [5.74, 6) is 0.669. The monoisotopic (exact) mass is 312 g/mol. The summed E-state index contributed by atoms with van der Waals surface area (Å²) in [5, 5.41) is 3.36. The smallest absolute Gasteiger partial charge is 0.277 e. The third-order valence-corrected chi connectivity index (χ3v) is 3.47. The second-order valence-electron chi connectivity index (χ2n) is 4.96. The molecule has 3 aromatic rings. The molecule has 6 nitrogen and oxygen atoms in total. The van der Waals surface area contributed by atoms with Crippen molar-refractivity contribution in [1.29, 1.82) is 0 Å². The van der Waals surface area contributed by atoms with Crippen LogP contribution >= 0.6 is 0 Å². The van der Waals surface area contributed by atoms with Crippen molar-refractivity contribution in [3.63, 3.8) is 0 Å². The Bertz CT molecular complexity index is 926. The zero-order chi connectivity index (χ0) is 16.2. The van der Waals surface area contributed by atoms with Gasteiger partial charge in [-0.05, 0) is 36.4 Å². The normalized spacial score (nSPS) is 10.8. The van der Waals surface area contributed by atoms with Gasteiger partial charge in [-0.1, -0.05) is 12.1 Å². The minimum atomic E-state index is -0.305. The van der Waals surface area contributed by atoms with Crippen molar-refractivity contribution >= 4 is 10.8 Å². The molecule has 0 aliphatic rings. The van der Waals surface area contributed by atoms with Crippen molar-refractivity contribution in [2.24, 2.45) is 0 Å². The fourth-order valence-electron chi connectivity index (χ4n) is 2.32. The Hall–Kier alpha value is -2.86. The van der Waals surface area contributed by atoms with E-state index in [-0.39, 0.29) is 11.1 Å². The van der Waals surface area contributed by atoms with Crippen LogP contribution in [0.1, 0.15) is 0 Å². The number of benzene rings is 2. The van der Waals surface area contributed by atoms with Crippen LogP contribution in [0, 0.1) is 0 Å². The first-order valence-electron chi connectivity index (χ1n) is 7.17. The van der Waals surface area contributed by atoms with E-state index in [0.717, 1.165) is 0 Å². The van der Waals surface area contributed by atoms with Crippen LogP contribution in [0.4, 0.5) is 0 Å². The van der Waals surface area contributed by atoms with Crippen LogP contribution in [0.25, 0.3) is 16.5 Å². The highest BCUT2D eigenvalue weighted by Crippen LogP contribution is 2.14. The molecule has 0 saturated carbocycles. The predicted molar refractivity (Wildman–Crippen MR) is 87.5 cm³/mol. The van der Waals surface area contributed by atoms with Crippen LogP contribution in [-0.4, -0.2) is 30.1 Å². The molecule has 0 fully saturated rings. The molecule has 0 amide bonds. The highest BCUT2D eigenvalue weighted by molar-refractivity contribution is 5.80. The standard InChI is InChI=1S/C17H16N2O4/c1-22-10-11-23-13-8-6-12(7-9-13)19-17(21)15-5-3-2-4-14(15)16(20)18-19/h2-9H,10-11H2,1H3,(H,18,20). The number of aromatic amines is 1. The Morgan fingerprint density at radius 2 is 1.65 bits per heavy atom. The maximum Gasteiger partial charge on any atom is 0.277 e. The predicted octanol–water partition coefficient (Wildman–Crippen LogP) is 1.70. The Morgan fingerprint density at radius 3 is 2.35 bits per heavy atom. The van der Waals surface area contributed by atoms with Crippen molar-refractivity contribution in [3.8, 4) is 11.4 Å². The van der Waals surface area contributed by atoms with Gasteiger partial charge in [0, 0.05) is 7.11 Å². The number of nitrogens with one attached hydrogen (secondary N) is 1. The molecule has 2 aromatic carbocycles. The van der Waals surface area contributed by atoms with Gasteiger partial charge < -0.3 is 9.47 Å². The van der Waals surface area contributed by atoms with Crippen molar-refractivity contribution in [2.45, 2.75) is 0 Å². The van der Waals surface area contributed by atoms with E-state index in [0.29, 0.717) is 35.4 Å². The lowest BCUT2D eigenvalue weighted by atomic mass is 10.2. The second kappa shape index (κ2) is 6.50. The molecule has 0 saturated heterocycles. The number of methoxy groups -OCH3 is 1. The Labute approximate surface area is 131 Å². The molecular weight excluding hydrogens is 296 g/mol. The van der Waals surface area contributed by atoms with Crippen molar-refractivity contribution in [3.05, 3.63) is 69.2 Å². The summed E-state index contributed by atoms with van der Waals surface area (Å²) in [6.07, 6.45) is 0. The van der Waals surface area contributed by atoms with E-state index in [2.05, 4.69) is 5.10 Å². The molecule has 0 atom stereocenters. The molecule has 0 bridgehead atoms. The quantitative estimate of drug-likeness (QED) is 0.728. The number of nitrogens with zero attached hydrogens (tertiary/aromatic N) is 1. The molecule has 0 aliphatic heterocycles. The van der Waals surface area contributed by atoms with E-state index in [4.69, 9.17) is 9.47 Å². The van der Waals surface area contributed by atoms with Crippen LogP contribution in [0.15, 0.2) is 58.1 Å². The highest BCUT2D eigenvalue weighted by Gasteiger charge is 2.08. The third-order valence-electron chi connectivity index (χ3n) is 3.47. The number of hydrogen-bond donors (Lipinski definition) is 1. The Morgan fingerprint density at radius 1 is 0.957 bits per heavy atom. The SMILES string of the molecule is COCCOc1ccc(-n2[nH]c(=O)c3ccccc3c2=O)cc1. The van der Waals surface area contributed by atoms with E-state index in [1.165, 1.54) is 4.68 Å². The van der Waals surface area contributed by atoms with Gasteiger partial charge in [-0.15, -0.1) is 0 Å². The van der Waals surface area contributed by atoms with Crippen molar-refractivity contribution < 1.29 is 9.47 Å². The molecule has 6 heteroatoms. The summed E-state index contributed by atoms with van der Waals surface area (Å²) in [6.45, 7) is 0.946. The van der Waals surface area contributed by atoms with Gasteiger partial charge in [0.2, 0.25) is 0 Å². The summed E-state index contributed by atoms with van der Waals surface area (Å²) in [5.41, 5.74) is -0.00850. The fourth-order valence-corrected chi connectivity index (χ4v) is 2.32. The summed E-state index contributed by atoms with van der Waals surface area (Å²) in [6, 6.07) is 13.7. The van der Waals surface area contributed by atoms with Gasteiger partial charge in [0.15, 0.2) is 0 Å². The molecule has 3 rings (SSSR count). The van der Waals surface area contributed by atoms with Crippen molar-refractivity contribution in [1.82, 2.24) is 9.78 Å². The lowest BCUT2D eigenvalue weighted by molar-refractivity contribution is 0.146. The number of ether oxygens (including phenoxy) is 2. The number of aromatic nitrogens is 2. The van der Waals surface area contributed by atoms with Crippen LogP contribution in [0.5, 0.6) is 5.75 Å². The minimum absolute atomic E-state index is 0.270. The first-order chi connectivity index (χ1) is 11.2. The van der Waals surface area contributed by atoms with Crippen molar-refractivity contribution in [2.75, 3.05) is 20.3 Å². The first kappa shape index (κ1) is 15.1. The molecule has 0 radical (unpaired) electrons. The summed E-state index contributed by atoms with van der Waals surface area (Å²) >= 11 is 0. The number of hydrogen-bond acceptors (Lipinski definition) is 4. The fraction of sp³-hybridized carbons (Fsp3) is 0.176. The first-order valence-corrected chi connectivity index (χ1v) is 7.17. The molecule has 0 unspecified atom stereocenters. The van der Waals surface area contributed by atoms with Crippen LogP contribution < -0.4 is 15.9 Å². The number of H-pyrrole nitrogens is 1. The zero-order valence-corrected chi connectivity index (χ0v) is 12.6. The van der Waals surface area contributed by atoms with Crippen LogP contribution in [0.2, 0.25) is 0 Å². The highest BCUT2D eigenvalue weighted by atomic mass is 16.5. The summed E-state index contributed by atoms with van der Waals surface area (Å²) in [7, 11) is 1.61. The largest absolute Gasteiger partial charge is 0.491 e. The zero-order valence-electron chi connectivity index (χ0n) is 12.6. The van der Waals surface area contributed by atoms with Crippen LogP contribution in [-0.2, 0) is 4.74 Å². The second-order valence-corrected chi connectivity index (χ2v) is 4.96.